The van der Waals surface area contributed by atoms with Gasteiger partial charge in [0.15, 0.2) is 0 Å². The van der Waals surface area contributed by atoms with E-state index in [-0.39, 0.29) is 18.0 Å². The van der Waals surface area contributed by atoms with Crippen molar-refractivity contribution in [3.05, 3.63) is 11.6 Å². The molecule has 3 nitrogen and oxygen atoms in total. The molecule has 1 atom stereocenters. The van der Waals surface area contributed by atoms with Crippen LogP contribution in [0.25, 0.3) is 0 Å². The molecular formula is C13H25NO2. The van der Waals surface area contributed by atoms with Crippen LogP contribution < -0.4 is 5.73 Å². The van der Waals surface area contributed by atoms with E-state index >= 15 is 0 Å². The van der Waals surface area contributed by atoms with Crippen LogP contribution in [-0.2, 0) is 9.53 Å². The molecule has 0 aromatic rings. The summed E-state index contributed by atoms with van der Waals surface area (Å²) in [5, 5.41) is 0. The van der Waals surface area contributed by atoms with Gasteiger partial charge >= 0.3 is 5.97 Å². The third-order valence-electron chi connectivity index (χ3n) is 2.91. The maximum atomic E-state index is 12.1. The number of nitrogens with two attached hydrogens (primary N) is 1. The summed E-state index contributed by atoms with van der Waals surface area (Å²) in [6, 6.07) is 0. The van der Waals surface area contributed by atoms with E-state index in [1.54, 1.807) is 0 Å². The van der Waals surface area contributed by atoms with Crippen LogP contribution >= 0.6 is 0 Å². The molecule has 0 fully saturated rings. The van der Waals surface area contributed by atoms with Crippen molar-refractivity contribution in [2.75, 3.05) is 13.2 Å². The lowest BCUT2D eigenvalue weighted by Crippen LogP contribution is -2.40. The smallest absolute Gasteiger partial charge is 0.316 e. The number of carbonyl (C=O) groups excluding carboxylic acids is 1. The first-order valence-corrected chi connectivity index (χ1v) is 5.68. The highest BCUT2D eigenvalue weighted by Crippen LogP contribution is 2.41. The molecule has 94 valence electrons. The van der Waals surface area contributed by atoms with Crippen LogP contribution in [0.15, 0.2) is 11.6 Å². The maximum Gasteiger partial charge on any atom is 0.316 e. The standard InChI is InChI=1S/C13H25NO2/c1-10(2)9-13(6,12(3,4)5)11(15)16-8-7-14/h9H,7-8,14H2,1-6H3. The lowest BCUT2D eigenvalue weighted by Gasteiger charge is -2.37. The quantitative estimate of drug-likeness (QED) is 0.593. The van der Waals surface area contributed by atoms with E-state index in [2.05, 4.69) is 0 Å². The van der Waals surface area contributed by atoms with E-state index in [1.165, 1.54) is 0 Å². The summed E-state index contributed by atoms with van der Waals surface area (Å²) >= 11 is 0. The Balaban J connectivity index is 5.10. The number of carbonyl (C=O) groups is 1. The Labute approximate surface area is 99.0 Å². The molecule has 0 aliphatic rings. The molecular weight excluding hydrogens is 202 g/mol. The molecule has 0 saturated carbocycles. The van der Waals surface area contributed by atoms with Gasteiger partial charge in [0.25, 0.3) is 0 Å². The fourth-order valence-corrected chi connectivity index (χ4v) is 1.46. The monoisotopic (exact) mass is 227 g/mol. The number of ether oxygens (including phenoxy) is 1. The zero-order chi connectivity index (χ0) is 13.0. The van der Waals surface area contributed by atoms with Gasteiger partial charge in [0.05, 0.1) is 5.41 Å². The predicted octanol–water partition coefficient (Wildman–Crippen LogP) is 2.51. The number of rotatable bonds is 4. The average Bonchev–Trinajstić information content (AvgIpc) is 2.10. The van der Waals surface area contributed by atoms with Crippen LogP contribution in [0.5, 0.6) is 0 Å². The fraction of sp³-hybridized carbons (Fsp3) is 0.769. The van der Waals surface area contributed by atoms with Gasteiger partial charge in [-0.05, 0) is 26.2 Å². The van der Waals surface area contributed by atoms with Gasteiger partial charge in [-0.15, -0.1) is 0 Å². The number of allylic oxidation sites excluding steroid dienone is 1. The highest BCUT2D eigenvalue weighted by atomic mass is 16.5. The normalized spacial score (nSPS) is 15.2. The zero-order valence-corrected chi connectivity index (χ0v) is 11.4. The van der Waals surface area contributed by atoms with Crippen molar-refractivity contribution in [1.82, 2.24) is 0 Å². The maximum absolute atomic E-state index is 12.1. The fourth-order valence-electron chi connectivity index (χ4n) is 1.46. The topological polar surface area (TPSA) is 52.3 Å². The molecule has 0 spiro atoms. The molecule has 0 aromatic carbocycles. The zero-order valence-electron chi connectivity index (χ0n) is 11.4. The third-order valence-corrected chi connectivity index (χ3v) is 2.91. The van der Waals surface area contributed by atoms with Crippen LogP contribution in [0, 0.1) is 10.8 Å². The second kappa shape index (κ2) is 5.48. The van der Waals surface area contributed by atoms with Crippen molar-refractivity contribution in [1.29, 1.82) is 0 Å². The van der Waals surface area contributed by atoms with Gasteiger partial charge in [-0.25, -0.2) is 0 Å². The number of hydrogen-bond donors (Lipinski definition) is 1. The van der Waals surface area contributed by atoms with Gasteiger partial charge in [0.2, 0.25) is 0 Å². The molecule has 0 heterocycles. The molecule has 3 heteroatoms. The molecule has 0 bridgehead atoms. The average molecular weight is 227 g/mol. The molecule has 1 unspecified atom stereocenters. The van der Waals surface area contributed by atoms with Gasteiger partial charge in [-0.3, -0.25) is 4.79 Å². The minimum atomic E-state index is -0.610. The number of esters is 1. The first kappa shape index (κ1) is 15.2. The molecule has 0 saturated heterocycles. The summed E-state index contributed by atoms with van der Waals surface area (Å²) in [5.41, 5.74) is 5.66. The van der Waals surface area contributed by atoms with E-state index in [0.29, 0.717) is 6.54 Å². The Hall–Kier alpha value is -0.830. The molecule has 0 aromatic heterocycles. The Morgan fingerprint density at radius 1 is 1.25 bits per heavy atom. The SMILES string of the molecule is CC(C)=CC(C)(C(=O)OCCN)C(C)(C)C. The summed E-state index contributed by atoms with van der Waals surface area (Å²) in [6.07, 6.45) is 1.98. The Morgan fingerprint density at radius 2 is 1.75 bits per heavy atom. The highest BCUT2D eigenvalue weighted by molar-refractivity contribution is 5.79. The van der Waals surface area contributed by atoms with Gasteiger partial charge in [0.1, 0.15) is 6.61 Å². The van der Waals surface area contributed by atoms with E-state index < -0.39 is 5.41 Å². The van der Waals surface area contributed by atoms with Crippen molar-refractivity contribution in [3.8, 4) is 0 Å². The van der Waals surface area contributed by atoms with E-state index in [0.717, 1.165) is 5.57 Å². The minimum absolute atomic E-state index is 0.185. The first-order chi connectivity index (χ1) is 7.15. The van der Waals surface area contributed by atoms with Crippen LogP contribution in [0.1, 0.15) is 41.5 Å². The molecule has 0 radical (unpaired) electrons. The summed E-state index contributed by atoms with van der Waals surface area (Å²) in [4.78, 5) is 12.1. The lowest BCUT2D eigenvalue weighted by molar-refractivity contribution is -0.157. The molecule has 0 rings (SSSR count). The summed E-state index contributed by atoms with van der Waals surface area (Å²) in [5.74, 6) is -0.202. The summed E-state index contributed by atoms with van der Waals surface area (Å²) in [6.45, 7) is 12.6. The second-order valence-electron chi connectivity index (χ2n) is 5.60. The third kappa shape index (κ3) is 3.63. The van der Waals surface area contributed by atoms with Gasteiger partial charge in [-0.1, -0.05) is 32.4 Å². The molecule has 16 heavy (non-hydrogen) atoms. The predicted molar refractivity (Wildman–Crippen MR) is 67.0 cm³/mol. The van der Waals surface area contributed by atoms with Gasteiger partial charge < -0.3 is 10.5 Å². The van der Waals surface area contributed by atoms with Crippen molar-refractivity contribution in [3.63, 3.8) is 0 Å². The Bertz CT molecular complexity index is 272. The number of hydrogen-bond acceptors (Lipinski definition) is 3. The Kier molecular flexibility index (Phi) is 5.20. The van der Waals surface area contributed by atoms with Crippen LogP contribution in [0.4, 0.5) is 0 Å². The minimum Gasteiger partial charge on any atom is -0.464 e. The highest BCUT2D eigenvalue weighted by Gasteiger charge is 2.43. The van der Waals surface area contributed by atoms with Crippen molar-refractivity contribution in [2.24, 2.45) is 16.6 Å². The Morgan fingerprint density at radius 3 is 2.06 bits per heavy atom. The molecule has 0 aliphatic carbocycles. The van der Waals surface area contributed by atoms with E-state index in [1.807, 2.05) is 47.6 Å². The summed E-state index contributed by atoms with van der Waals surface area (Å²) in [7, 11) is 0. The summed E-state index contributed by atoms with van der Waals surface area (Å²) < 4.78 is 5.18. The van der Waals surface area contributed by atoms with Crippen LogP contribution in [-0.4, -0.2) is 19.1 Å². The second-order valence-corrected chi connectivity index (χ2v) is 5.60. The molecule has 0 amide bonds. The van der Waals surface area contributed by atoms with Gasteiger partial charge in [0, 0.05) is 6.54 Å². The van der Waals surface area contributed by atoms with E-state index in [4.69, 9.17) is 10.5 Å². The lowest BCUT2D eigenvalue weighted by atomic mass is 9.67. The first-order valence-electron chi connectivity index (χ1n) is 5.68. The van der Waals surface area contributed by atoms with Crippen LogP contribution in [0.3, 0.4) is 0 Å². The van der Waals surface area contributed by atoms with Gasteiger partial charge in [-0.2, -0.15) is 0 Å². The molecule has 2 N–H and O–H groups in total. The van der Waals surface area contributed by atoms with Crippen molar-refractivity contribution >= 4 is 5.97 Å². The van der Waals surface area contributed by atoms with Crippen molar-refractivity contribution < 1.29 is 9.53 Å². The largest absolute Gasteiger partial charge is 0.464 e. The van der Waals surface area contributed by atoms with E-state index in [9.17, 15) is 4.79 Å². The van der Waals surface area contributed by atoms with Crippen LogP contribution in [0.2, 0.25) is 0 Å². The molecule has 0 aliphatic heterocycles. The van der Waals surface area contributed by atoms with Crippen molar-refractivity contribution in [2.45, 2.75) is 41.5 Å².